The molecular weight excluding hydrogens is 250 g/mol. The maximum atomic E-state index is 4.52. The summed E-state index contributed by atoms with van der Waals surface area (Å²) in [6.07, 6.45) is 4.59. The molecule has 2 aromatic rings. The fourth-order valence-electron chi connectivity index (χ4n) is 3.07. The number of pyridine rings is 1. The predicted molar refractivity (Wildman–Crippen MR) is 80.6 cm³/mol. The van der Waals surface area contributed by atoms with Crippen molar-refractivity contribution >= 4 is 11.0 Å². The molecule has 5 heteroatoms. The van der Waals surface area contributed by atoms with Crippen LogP contribution >= 0.6 is 0 Å². The number of aromatic nitrogens is 3. The van der Waals surface area contributed by atoms with Crippen LogP contribution in [-0.2, 0) is 13.6 Å². The van der Waals surface area contributed by atoms with Crippen LogP contribution in [0.5, 0.6) is 0 Å². The van der Waals surface area contributed by atoms with Crippen molar-refractivity contribution in [3.05, 3.63) is 23.5 Å². The normalized spacial score (nSPS) is 20.1. The zero-order chi connectivity index (χ0) is 14.1. The van der Waals surface area contributed by atoms with Gasteiger partial charge in [-0.05, 0) is 45.0 Å². The Hall–Kier alpha value is -1.46. The van der Waals surface area contributed by atoms with Crippen molar-refractivity contribution in [2.45, 2.75) is 32.4 Å². The van der Waals surface area contributed by atoms with Crippen molar-refractivity contribution in [3.63, 3.8) is 0 Å². The minimum atomic E-state index is 0.687. The van der Waals surface area contributed by atoms with Gasteiger partial charge in [-0.25, -0.2) is 4.98 Å². The predicted octanol–water partition coefficient (Wildman–Crippen LogP) is 1.46. The molecule has 108 valence electrons. The topological polar surface area (TPSA) is 46.0 Å². The van der Waals surface area contributed by atoms with E-state index in [1.807, 2.05) is 24.9 Å². The Morgan fingerprint density at radius 2 is 2.25 bits per heavy atom. The minimum Gasteiger partial charge on any atom is -0.311 e. The molecule has 3 heterocycles. The summed E-state index contributed by atoms with van der Waals surface area (Å²) in [5.74, 6) is 0. The zero-order valence-corrected chi connectivity index (χ0v) is 12.6. The van der Waals surface area contributed by atoms with E-state index in [4.69, 9.17) is 0 Å². The molecule has 3 rings (SSSR count). The monoisotopic (exact) mass is 273 g/mol. The highest BCUT2D eigenvalue weighted by Gasteiger charge is 2.19. The fraction of sp³-hybridized carbons (Fsp3) is 0.600. The van der Waals surface area contributed by atoms with Crippen molar-refractivity contribution < 1.29 is 0 Å². The number of fused-ring (bicyclic) bond motifs is 1. The summed E-state index contributed by atoms with van der Waals surface area (Å²) in [5.41, 5.74) is 3.24. The van der Waals surface area contributed by atoms with Gasteiger partial charge in [0.05, 0.1) is 5.69 Å². The first kappa shape index (κ1) is 13.5. The maximum absolute atomic E-state index is 4.52. The van der Waals surface area contributed by atoms with Crippen LogP contribution in [0.2, 0.25) is 0 Å². The molecule has 1 unspecified atom stereocenters. The van der Waals surface area contributed by atoms with E-state index in [0.29, 0.717) is 6.04 Å². The van der Waals surface area contributed by atoms with E-state index in [2.05, 4.69) is 33.4 Å². The highest BCUT2D eigenvalue weighted by atomic mass is 15.3. The number of nitrogens with zero attached hydrogens (tertiary/aromatic N) is 4. The Morgan fingerprint density at radius 1 is 1.40 bits per heavy atom. The van der Waals surface area contributed by atoms with E-state index in [1.54, 1.807) is 0 Å². The van der Waals surface area contributed by atoms with Gasteiger partial charge in [0.15, 0.2) is 5.65 Å². The lowest BCUT2D eigenvalue weighted by atomic mass is 10.2. The lowest BCUT2D eigenvalue weighted by Crippen LogP contribution is -2.35. The van der Waals surface area contributed by atoms with Crippen LogP contribution in [0.4, 0.5) is 0 Å². The number of rotatable bonds is 4. The van der Waals surface area contributed by atoms with Crippen LogP contribution in [0.1, 0.15) is 24.1 Å². The van der Waals surface area contributed by atoms with E-state index >= 15 is 0 Å². The second-order valence-corrected chi connectivity index (χ2v) is 5.83. The molecule has 1 aliphatic heterocycles. The van der Waals surface area contributed by atoms with E-state index in [-0.39, 0.29) is 0 Å². The van der Waals surface area contributed by atoms with Gasteiger partial charge < -0.3 is 10.2 Å². The SMILES string of the molecule is Cc1nn(C)c2ncc(CNCC3CCCN3C)cc12. The molecule has 0 bridgehead atoms. The Bertz CT molecular complexity index is 604. The number of hydrogen-bond acceptors (Lipinski definition) is 4. The Balaban J connectivity index is 1.64. The third kappa shape index (κ3) is 2.55. The van der Waals surface area contributed by atoms with Gasteiger partial charge in [-0.3, -0.25) is 4.68 Å². The molecule has 1 fully saturated rings. The van der Waals surface area contributed by atoms with E-state index in [1.165, 1.54) is 24.9 Å². The number of likely N-dealkylation sites (N-methyl/N-ethyl adjacent to an activating group) is 1. The molecule has 1 aliphatic rings. The number of nitrogens with one attached hydrogen (secondary N) is 1. The largest absolute Gasteiger partial charge is 0.311 e. The molecule has 5 nitrogen and oxygen atoms in total. The van der Waals surface area contributed by atoms with Crippen molar-refractivity contribution in [2.75, 3.05) is 20.1 Å². The summed E-state index contributed by atoms with van der Waals surface area (Å²) in [6, 6.07) is 2.89. The van der Waals surface area contributed by atoms with E-state index in [9.17, 15) is 0 Å². The van der Waals surface area contributed by atoms with Crippen LogP contribution in [0.3, 0.4) is 0 Å². The summed E-state index contributed by atoms with van der Waals surface area (Å²) >= 11 is 0. The highest BCUT2D eigenvalue weighted by Crippen LogP contribution is 2.17. The lowest BCUT2D eigenvalue weighted by molar-refractivity contribution is 0.300. The van der Waals surface area contributed by atoms with Crippen LogP contribution < -0.4 is 5.32 Å². The van der Waals surface area contributed by atoms with Crippen molar-refractivity contribution in [1.29, 1.82) is 0 Å². The van der Waals surface area contributed by atoms with Gasteiger partial charge in [-0.2, -0.15) is 5.10 Å². The van der Waals surface area contributed by atoms with Crippen LogP contribution in [0.25, 0.3) is 11.0 Å². The second kappa shape index (κ2) is 5.50. The summed E-state index contributed by atoms with van der Waals surface area (Å²) in [7, 11) is 4.15. The molecule has 0 aliphatic carbocycles. The Labute approximate surface area is 120 Å². The Morgan fingerprint density at radius 3 is 3.00 bits per heavy atom. The first-order chi connectivity index (χ1) is 9.65. The molecule has 1 N–H and O–H groups in total. The molecule has 1 saturated heterocycles. The third-order valence-corrected chi connectivity index (χ3v) is 4.30. The van der Waals surface area contributed by atoms with Crippen LogP contribution in [-0.4, -0.2) is 45.8 Å². The van der Waals surface area contributed by atoms with Gasteiger partial charge in [0.25, 0.3) is 0 Å². The molecular formula is C15H23N5. The first-order valence-electron chi connectivity index (χ1n) is 7.34. The molecule has 20 heavy (non-hydrogen) atoms. The molecule has 0 amide bonds. The Kier molecular flexibility index (Phi) is 3.72. The summed E-state index contributed by atoms with van der Waals surface area (Å²) < 4.78 is 1.84. The average Bonchev–Trinajstić information content (AvgIpc) is 2.95. The van der Waals surface area contributed by atoms with Crippen LogP contribution in [0, 0.1) is 6.92 Å². The fourth-order valence-corrected chi connectivity index (χ4v) is 3.07. The van der Waals surface area contributed by atoms with Gasteiger partial charge >= 0.3 is 0 Å². The highest BCUT2D eigenvalue weighted by molar-refractivity contribution is 5.78. The average molecular weight is 273 g/mol. The maximum Gasteiger partial charge on any atom is 0.157 e. The molecule has 1 atom stereocenters. The van der Waals surface area contributed by atoms with E-state index in [0.717, 1.165) is 29.8 Å². The van der Waals surface area contributed by atoms with Crippen molar-refractivity contribution in [3.8, 4) is 0 Å². The van der Waals surface area contributed by atoms with Gasteiger partial charge in [-0.1, -0.05) is 0 Å². The zero-order valence-electron chi connectivity index (χ0n) is 12.6. The number of likely N-dealkylation sites (tertiary alicyclic amines) is 1. The van der Waals surface area contributed by atoms with Crippen molar-refractivity contribution in [2.24, 2.45) is 7.05 Å². The van der Waals surface area contributed by atoms with E-state index < -0.39 is 0 Å². The quantitative estimate of drug-likeness (QED) is 0.916. The van der Waals surface area contributed by atoms with Crippen molar-refractivity contribution in [1.82, 2.24) is 25.0 Å². The summed E-state index contributed by atoms with van der Waals surface area (Å²) in [5, 5.41) is 9.12. The van der Waals surface area contributed by atoms with Gasteiger partial charge in [0.1, 0.15) is 0 Å². The minimum absolute atomic E-state index is 0.687. The molecule has 0 radical (unpaired) electrons. The van der Waals surface area contributed by atoms with Gasteiger partial charge in [0.2, 0.25) is 0 Å². The third-order valence-electron chi connectivity index (χ3n) is 4.30. The molecule has 2 aromatic heterocycles. The first-order valence-corrected chi connectivity index (χ1v) is 7.34. The number of hydrogen-bond donors (Lipinski definition) is 1. The second-order valence-electron chi connectivity index (χ2n) is 5.83. The lowest BCUT2D eigenvalue weighted by Gasteiger charge is -2.19. The molecule has 0 saturated carbocycles. The standard InChI is InChI=1S/C15H23N5/c1-11-14-7-12(9-17-15(14)20(3)18-11)8-16-10-13-5-4-6-19(13)2/h7,9,13,16H,4-6,8,10H2,1-3H3. The summed E-state index contributed by atoms with van der Waals surface area (Å²) in [4.78, 5) is 6.96. The molecule has 0 aromatic carbocycles. The molecule has 0 spiro atoms. The van der Waals surface area contributed by atoms with Gasteiger partial charge in [-0.15, -0.1) is 0 Å². The van der Waals surface area contributed by atoms with Crippen LogP contribution in [0.15, 0.2) is 12.3 Å². The number of aryl methyl sites for hydroxylation is 2. The van der Waals surface area contributed by atoms with Gasteiger partial charge in [0, 0.05) is 37.8 Å². The smallest absolute Gasteiger partial charge is 0.157 e. The summed E-state index contributed by atoms with van der Waals surface area (Å²) in [6.45, 7) is 5.20.